The van der Waals surface area contributed by atoms with Crippen molar-refractivity contribution in [2.24, 2.45) is 4.99 Å². The second-order valence-electron chi connectivity index (χ2n) is 14.2. The highest BCUT2D eigenvalue weighted by Crippen LogP contribution is 2.43. The normalized spacial score (nSPS) is 16.1. The fourth-order valence-corrected chi connectivity index (χ4v) is 7.53. The molecule has 2 aromatic heterocycles. The minimum atomic E-state index is -3.50. The van der Waals surface area contributed by atoms with Crippen LogP contribution >= 0.6 is 35.3 Å². The van der Waals surface area contributed by atoms with Crippen molar-refractivity contribution in [3.63, 3.8) is 0 Å². The molecule has 2 aromatic carbocycles. The summed E-state index contributed by atoms with van der Waals surface area (Å²) in [5, 5.41) is 15.6. The Labute approximate surface area is 343 Å². The number of anilines is 1. The predicted octanol–water partition coefficient (Wildman–Crippen LogP) is 10.9. The number of thioether (sulfide) groups is 1. The van der Waals surface area contributed by atoms with Crippen molar-refractivity contribution < 1.29 is 35.1 Å². The zero-order chi connectivity index (χ0) is 41.9. The van der Waals surface area contributed by atoms with Gasteiger partial charge in [0.1, 0.15) is 29.6 Å². The summed E-state index contributed by atoms with van der Waals surface area (Å²) >= 11 is 9.65. The van der Waals surface area contributed by atoms with Gasteiger partial charge in [0.25, 0.3) is 18.8 Å². The van der Waals surface area contributed by atoms with Crippen molar-refractivity contribution in [3.8, 4) is 23.0 Å². The Bertz CT molecular complexity index is 2290. The highest BCUT2D eigenvalue weighted by atomic mass is 35.5. The summed E-state index contributed by atoms with van der Waals surface area (Å²) in [4.78, 5) is 9.52. The highest BCUT2D eigenvalue weighted by molar-refractivity contribution is 8.01. The number of hydrogen-bond donors (Lipinski definition) is 3. The number of nitrogens with one attached hydrogen (secondary N) is 3. The number of fused-ring (bicyclic) bond motifs is 1. The second-order valence-corrected chi connectivity index (χ2v) is 17.2. The quantitative estimate of drug-likeness (QED) is 0.0450. The number of alkyl halides is 6. The number of aliphatic imine (C=N–C) groups is 1. The van der Waals surface area contributed by atoms with Crippen molar-refractivity contribution >= 4 is 64.0 Å². The summed E-state index contributed by atoms with van der Waals surface area (Å²) in [7, 11) is 0. The molecular weight excluding hydrogens is 830 g/mol. The molecule has 1 saturated carbocycles. The molecule has 0 bridgehead atoms. The Hall–Kier alpha value is -4.27. The molecule has 1 unspecified atom stereocenters. The number of nitrogens with zero attached hydrogens (tertiary/aromatic N) is 4. The molecule has 2 aliphatic carbocycles. The first-order chi connectivity index (χ1) is 27.5. The van der Waals surface area contributed by atoms with Crippen LogP contribution in [0, 0.1) is 28.9 Å². The largest absolute Gasteiger partial charge is 0.378 e. The van der Waals surface area contributed by atoms with E-state index in [4.69, 9.17) is 22.0 Å². The second kappa shape index (κ2) is 17.9. The van der Waals surface area contributed by atoms with E-state index < -0.39 is 84.1 Å². The van der Waals surface area contributed by atoms with E-state index in [-0.39, 0.29) is 39.7 Å². The number of aromatic nitrogens is 3. The third-order valence-electron chi connectivity index (χ3n) is 9.44. The van der Waals surface area contributed by atoms with Crippen LogP contribution in [0.25, 0.3) is 22.0 Å². The summed E-state index contributed by atoms with van der Waals surface area (Å²) in [6.45, 7) is 2.64. The van der Waals surface area contributed by atoms with Crippen molar-refractivity contribution in [1.29, 1.82) is 5.41 Å². The smallest absolute Gasteiger partial charge is 0.287 e. The molecule has 0 aliphatic heterocycles. The fraction of sp³-hybridized carbons (Fsp3) is 0.400. The number of rotatable bonds is 16. The van der Waals surface area contributed by atoms with Gasteiger partial charge in [-0.1, -0.05) is 23.6 Å². The van der Waals surface area contributed by atoms with Crippen LogP contribution in [0.1, 0.15) is 62.5 Å². The van der Waals surface area contributed by atoms with Crippen LogP contribution in [0.2, 0.25) is 5.02 Å². The zero-order valence-electron chi connectivity index (χ0n) is 31.4. The molecule has 18 heteroatoms. The lowest BCUT2D eigenvalue weighted by Gasteiger charge is -2.19. The maximum absolute atomic E-state index is 14.9. The van der Waals surface area contributed by atoms with Crippen LogP contribution in [0.4, 0.5) is 40.9 Å². The fourth-order valence-electron chi connectivity index (χ4n) is 6.34. The van der Waals surface area contributed by atoms with Gasteiger partial charge < -0.3 is 10.0 Å². The van der Waals surface area contributed by atoms with Gasteiger partial charge in [-0.05, 0) is 93.1 Å². The van der Waals surface area contributed by atoms with Gasteiger partial charge >= 0.3 is 0 Å². The standard InChI is InChI=1S/C40H38ClF8N7S2/c1-39(2,57-3)12-10-24-4-7-26(27-8-9-29(41)32-35(27)56(20-31(44)45)54-38(32)55-58-25-5-6-25)34(53-24)30(18-21-16-22(42)19-23(43)17-21)51-14-15-52-36-28(33(50)37(46)47)11-13-40(36,48)49/h4,7-9,14,16-17,19,25,30-31,37,50,52H,5-6,11,13,15,18,20H2,1-3H3,(H,54,55)/b50-33?,51-14+. The molecule has 1 atom stereocenters. The maximum atomic E-state index is 14.9. The minimum Gasteiger partial charge on any atom is -0.378 e. The SMILES string of the molecule is CSC(C)(C)C#Cc1ccc(-c2ccc(Cl)c3c(NSC4CC4)nn(CC(F)F)c23)c(C(Cc2cc(F)cc(F)c2)/N=C/CNC2=C(C(=N)C(F)F)CCC2(F)F)n1. The molecule has 0 spiro atoms. The molecule has 2 heterocycles. The Morgan fingerprint density at radius 3 is 2.47 bits per heavy atom. The van der Waals surface area contributed by atoms with Crippen molar-refractivity contribution in [2.45, 2.75) is 87.3 Å². The number of pyridine rings is 1. The Morgan fingerprint density at radius 1 is 1.10 bits per heavy atom. The molecule has 308 valence electrons. The molecular formula is C40H38ClF8N7S2. The average molecular weight is 868 g/mol. The van der Waals surface area contributed by atoms with E-state index >= 15 is 0 Å². The van der Waals surface area contributed by atoms with Crippen LogP contribution in [0.5, 0.6) is 0 Å². The van der Waals surface area contributed by atoms with E-state index in [0.717, 1.165) is 29.7 Å². The van der Waals surface area contributed by atoms with Crippen LogP contribution in [0.15, 0.2) is 58.7 Å². The van der Waals surface area contributed by atoms with Gasteiger partial charge in [0.15, 0.2) is 5.82 Å². The van der Waals surface area contributed by atoms with Crippen molar-refractivity contribution in [2.75, 3.05) is 17.5 Å². The van der Waals surface area contributed by atoms with Crippen molar-refractivity contribution in [3.05, 3.63) is 87.3 Å². The van der Waals surface area contributed by atoms with Gasteiger partial charge in [-0.2, -0.15) is 13.9 Å². The summed E-state index contributed by atoms with van der Waals surface area (Å²) in [6, 6.07) is 8.32. The maximum Gasteiger partial charge on any atom is 0.287 e. The van der Waals surface area contributed by atoms with Gasteiger partial charge in [-0.25, -0.2) is 31.3 Å². The van der Waals surface area contributed by atoms with Gasteiger partial charge in [-0.3, -0.25) is 15.1 Å². The van der Waals surface area contributed by atoms with Crippen LogP contribution in [-0.2, 0) is 13.0 Å². The Morgan fingerprint density at radius 2 is 1.81 bits per heavy atom. The molecule has 0 saturated heterocycles. The average Bonchev–Trinajstić information content (AvgIpc) is 3.85. The number of benzene rings is 2. The van der Waals surface area contributed by atoms with E-state index in [1.54, 1.807) is 24.3 Å². The molecule has 2 aliphatic rings. The summed E-state index contributed by atoms with van der Waals surface area (Å²) in [5.74, 6) is 1.27. The van der Waals surface area contributed by atoms with E-state index in [0.29, 0.717) is 27.8 Å². The third-order valence-corrected chi connectivity index (χ3v) is 12.0. The lowest BCUT2D eigenvalue weighted by atomic mass is 9.94. The van der Waals surface area contributed by atoms with Crippen molar-refractivity contribution in [1.82, 2.24) is 20.1 Å². The Balaban J connectivity index is 1.52. The molecule has 0 amide bonds. The topological polar surface area (TPSA) is 91.0 Å². The highest BCUT2D eigenvalue weighted by Gasteiger charge is 2.44. The number of halogens is 9. The monoisotopic (exact) mass is 867 g/mol. The molecule has 6 rings (SSSR count). The van der Waals surface area contributed by atoms with E-state index in [1.165, 1.54) is 29.9 Å². The lowest BCUT2D eigenvalue weighted by molar-refractivity contribution is 0.0370. The molecule has 1 fully saturated rings. The number of hydrogen-bond acceptors (Lipinski definition) is 8. The molecule has 7 nitrogen and oxygen atoms in total. The van der Waals surface area contributed by atoms with Gasteiger partial charge in [0.2, 0.25) is 0 Å². The first-order valence-electron chi connectivity index (χ1n) is 18.1. The van der Waals surface area contributed by atoms with Gasteiger partial charge in [0, 0.05) is 53.6 Å². The molecule has 0 radical (unpaired) electrons. The van der Waals surface area contributed by atoms with Crippen LogP contribution < -0.4 is 10.0 Å². The predicted molar refractivity (Wildman–Crippen MR) is 217 cm³/mol. The molecule has 58 heavy (non-hydrogen) atoms. The van der Waals surface area contributed by atoms with E-state index in [9.17, 15) is 35.1 Å². The van der Waals surface area contributed by atoms with Gasteiger partial charge in [0.05, 0.1) is 38.1 Å². The van der Waals surface area contributed by atoms with Crippen LogP contribution in [0.3, 0.4) is 0 Å². The molecule has 3 N–H and O–H groups in total. The van der Waals surface area contributed by atoms with Crippen LogP contribution in [-0.4, -0.2) is 68.3 Å². The Kier molecular flexibility index (Phi) is 13.4. The lowest BCUT2D eigenvalue weighted by Crippen LogP contribution is -2.30. The summed E-state index contributed by atoms with van der Waals surface area (Å²) < 4.78 is 118. The first-order valence-corrected chi connectivity index (χ1v) is 20.6. The number of allylic oxidation sites excluding steroid dienone is 2. The zero-order valence-corrected chi connectivity index (χ0v) is 33.8. The summed E-state index contributed by atoms with van der Waals surface area (Å²) in [5.41, 5.74) is -0.880. The molecule has 4 aromatic rings. The summed E-state index contributed by atoms with van der Waals surface area (Å²) in [6.07, 6.45) is -2.35. The van der Waals surface area contributed by atoms with Gasteiger partial charge in [-0.15, -0.1) is 11.8 Å². The third kappa shape index (κ3) is 10.3. The minimum absolute atomic E-state index is 0.158. The first kappa shape index (κ1) is 43.3. The van der Waals surface area contributed by atoms with E-state index in [2.05, 4.69) is 32.0 Å². The van der Waals surface area contributed by atoms with E-state index in [1.807, 2.05) is 20.1 Å².